The van der Waals surface area contributed by atoms with E-state index in [0.717, 1.165) is 22.2 Å². The van der Waals surface area contributed by atoms with Crippen LogP contribution in [0.1, 0.15) is 17.3 Å². The first-order valence-electron chi connectivity index (χ1n) is 10.7. The summed E-state index contributed by atoms with van der Waals surface area (Å²) in [5.41, 5.74) is 2.56. The number of carbonyl (C=O) groups is 2. The van der Waals surface area contributed by atoms with Gasteiger partial charge in [-0.3, -0.25) is 14.5 Å². The minimum atomic E-state index is -0.891. The molecule has 32 heavy (non-hydrogen) atoms. The topological polar surface area (TPSA) is 95.1 Å². The van der Waals surface area contributed by atoms with Gasteiger partial charge in [-0.25, -0.2) is 0 Å². The number of aromatic nitrogens is 1. The van der Waals surface area contributed by atoms with Gasteiger partial charge in [0.25, 0.3) is 5.91 Å². The van der Waals surface area contributed by atoms with E-state index in [0.29, 0.717) is 37.7 Å². The highest BCUT2D eigenvalue weighted by Crippen LogP contribution is 2.33. The number of nitrogens with zero attached hydrogens (tertiary/aromatic N) is 2. The average Bonchev–Trinajstić information content (AvgIpc) is 3.14. The highest BCUT2D eigenvalue weighted by Gasteiger charge is 2.37. The largest absolute Gasteiger partial charge is 0.485 e. The summed E-state index contributed by atoms with van der Waals surface area (Å²) in [6, 6.07) is 14.3. The molecule has 2 aliphatic rings. The van der Waals surface area contributed by atoms with Crippen molar-refractivity contribution in [3.05, 3.63) is 59.8 Å². The maximum absolute atomic E-state index is 13.0. The number of carbonyl (C=O) groups excluding carboxylic acids is 1. The second-order valence-electron chi connectivity index (χ2n) is 8.18. The Morgan fingerprint density at radius 3 is 2.47 bits per heavy atom. The third-order valence-corrected chi connectivity index (χ3v) is 6.23. The van der Waals surface area contributed by atoms with E-state index < -0.39 is 18.1 Å². The highest BCUT2D eigenvalue weighted by atomic mass is 16.6. The summed E-state index contributed by atoms with van der Waals surface area (Å²) >= 11 is 0. The third kappa shape index (κ3) is 3.56. The molecule has 0 saturated carbocycles. The maximum Gasteiger partial charge on any atom is 0.325 e. The van der Waals surface area contributed by atoms with E-state index >= 15 is 0 Å². The van der Waals surface area contributed by atoms with Crippen LogP contribution >= 0.6 is 0 Å². The van der Waals surface area contributed by atoms with Gasteiger partial charge in [-0.1, -0.05) is 30.3 Å². The number of aryl methyl sites for hydroxylation is 1. The quantitative estimate of drug-likeness (QED) is 0.654. The van der Waals surface area contributed by atoms with Crippen molar-refractivity contribution >= 4 is 22.8 Å². The number of carboxylic acid groups (broad SMARTS) is 1. The number of hydrogen-bond acceptors (Lipinski definition) is 5. The molecule has 1 aromatic heterocycles. The first kappa shape index (κ1) is 20.4. The zero-order chi connectivity index (χ0) is 22.2. The molecule has 1 fully saturated rings. The number of benzene rings is 2. The Kier molecular flexibility index (Phi) is 5.22. The van der Waals surface area contributed by atoms with E-state index in [2.05, 4.69) is 4.98 Å². The molecule has 0 spiro atoms. The summed E-state index contributed by atoms with van der Waals surface area (Å²) in [6.45, 7) is 3.88. The minimum absolute atomic E-state index is 0.130. The Morgan fingerprint density at radius 2 is 1.72 bits per heavy atom. The van der Waals surface area contributed by atoms with Gasteiger partial charge in [-0.2, -0.15) is 0 Å². The molecule has 0 bridgehead atoms. The Morgan fingerprint density at radius 1 is 1.03 bits per heavy atom. The fourth-order valence-electron chi connectivity index (χ4n) is 4.66. The first-order valence-corrected chi connectivity index (χ1v) is 10.7. The number of piperazine rings is 1. The molecular weight excluding hydrogens is 410 g/mol. The van der Waals surface area contributed by atoms with Gasteiger partial charge in [-0.15, -0.1) is 0 Å². The molecule has 2 N–H and O–H groups in total. The molecule has 0 aliphatic carbocycles. The molecule has 3 heterocycles. The predicted molar refractivity (Wildman–Crippen MR) is 118 cm³/mol. The summed E-state index contributed by atoms with van der Waals surface area (Å²) in [5, 5.41) is 11.0. The van der Waals surface area contributed by atoms with Crippen LogP contribution in [0.5, 0.6) is 11.5 Å². The van der Waals surface area contributed by atoms with Gasteiger partial charge >= 0.3 is 5.97 Å². The Bertz CT molecular complexity index is 1170. The number of hydrogen-bond donors (Lipinski definition) is 2. The molecule has 166 valence electrons. The molecule has 8 nitrogen and oxygen atoms in total. The Hall–Kier alpha value is -3.52. The molecule has 2 unspecified atom stereocenters. The van der Waals surface area contributed by atoms with E-state index in [1.54, 1.807) is 11.0 Å². The lowest BCUT2D eigenvalue weighted by Crippen LogP contribution is -2.55. The van der Waals surface area contributed by atoms with Crippen LogP contribution in [0.3, 0.4) is 0 Å². The second-order valence-corrected chi connectivity index (χ2v) is 8.18. The fourth-order valence-corrected chi connectivity index (χ4v) is 4.66. The zero-order valence-corrected chi connectivity index (χ0v) is 17.8. The van der Waals surface area contributed by atoms with Crippen molar-refractivity contribution in [3.8, 4) is 11.5 Å². The van der Waals surface area contributed by atoms with Crippen LogP contribution < -0.4 is 9.47 Å². The van der Waals surface area contributed by atoms with Crippen molar-refractivity contribution in [2.75, 3.05) is 32.8 Å². The standard InChI is InChI=1S/C24H25N3O5/c1-15-21(16-6-2-3-7-17(16)25-15)22(24(29)30)26-10-12-27(13-11-26)23(28)20-14-31-18-8-4-5-9-19(18)32-20/h2-9,20,22,25H,10-14H2,1H3,(H,29,30). The molecule has 1 amide bonds. The van der Waals surface area contributed by atoms with Gasteiger partial charge < -0.3 is 24.5 Å². The summed E-state index contributed by atoms with van der Waals surface area (Å²) in [6.07, 6.45) is -0.692. The SMILES string of the molecule is Cc1[nH]c2ccccc2c1C(C(=O)O)N1CCN(C(=O)C2COc3ccccc3O2)CC1. The van der Waals surface area contributed by atoms with Crippen molar-refractivity contribution in [1.82, 2.24) is 14.8 Å². The van der Waals surface area contributed by atoms with Gasteiger partial charge in [0.15, 0.2) is 11.5 Å². The number of carboxylic acids is 1. The van der Waals surface area contributed by atoms with Crippen LogP contribution in [-0.4, -0.2) is 70.7 Å². The molecule has 2 atom stereocenters. The van der Waals surface area contributed by atoms with E-state index in [-0.39, 0.29) is 12.5 Å². The number of ether oxygens (including phenoxy) is 2. The summed E-state index contributed by atoms with van der Waals surface area (Å²) in [7, 11) is 0. The van der Waals surface area contributed by atoms with Crippen LogP contribution in [0.4, 0.5) is 0 Å². The van der Waals surface area contributed by atoms with E-state index in [9.17, 15) is 14.7 Å². The third-order valence-electron chi connectivity index (χ3n) is 6.23. The van der Waals surface area contributed by atoms with Crippen LogP contribution in [0.15, 0.2) is 48.5 Å². The van der Waals surface area contributed by atoms with Gasteiger partial charge in [0.1, 0.15) is 12.6 Å². The summed E-state index contributed by atoms with van der Waals surface area (Å²) in [5.74, 6) is 0.184. The average molecular weight is 435 g/mol. The fraction of sp³-hybridized carbons (Fsp3) is 0.333. The second kappa shape index (κ2) is 8.20. The van der Waals surface area contributed by atoms with Crippen molar-refractivity contribution in [3.63, 3.8) is 0 Å². The van der Waals surface area contributed by atoms with Crippen LogP contribution in [0.25, 0.3) is 10.9 Å². The van der Waals surface area contributed by atoms with Crippen molar-refractivity contribution in [2.24, 2.45) is 0 Å². The summed E-state index contributed by atoms with van der Waals surface area (Å²) in [4.78, 5) is 32.3. The molecule has 2 aromatic carbocycles. The Labute approximate surface area is 185 Å². The first-order chi connectivity index (χ1) is 15.5. The lowest BCUT2D eigenvalue weighted by Gasteiger charge is -2.39. The van der Waals surface area contributed by atoms with Crippen LogP contribution in [-0.2, 0) is 9.59 Å². The molecule has 5 rings (SSSR count). The zero-order valence-electron chi connectivity index (χ0n) is 17.8. The maximum atomic E-state index is 13.0. The van der Waals surface area contributed by atoms with Crippen molar-refractivity contribution in [2.45, 2.75) is 19.1 Å². The molecule has 8 heteroatoms. The monoisotopic (exact) mass is 435 g/mol. The van der Waals surface area contributed by atoms with Crippen LogP contribution in [0, 0.1) is 6.92 Å². The Balaban J connectivity index is 1.29. The number of fused-ring (bicyclic) bond motifs is 2. The van der Waals surface area contributed by atoms with Crippen LogP contribution in [0.2, 0.25) is 0 Å². The lowest BCUT2D eigenvalue weighted by molar-refractivity contribution is -0.147. The number of aliphatic carboxylic acids is 1. The highest BCUT2D eigenvalue weighted by molar-refractivity contribution is 5.90. The number of H-pyrrole nitrogens is 1. The number of rotatable bonds is 4. The van der Waals surface area contributed by atoms with Gasteiger partial charge in [0.05, 0.1) is 0 Å². The molecule has 0 radical (unpaired) electrons. The van der Waals surface area contributed by atoms with E-state index in [4.69, 9.17) is 9.47 Å². The number of amides is 1. The number of nitrogens with one attached hydrogen (secondary N) is 1. The molecule has 1 saturated heterocycles. The van der Waals surface area contributed by atoms with E-state index in [1.165, 1.54) is 0 Å². The van der Waals surface area contributed by atoms with Crippen molar-refractivity contribution < 1.29 is 24.2 Å². The molecule has 2 aliphatic heterocycles. The lowest BCUT2D eigenvalue weighted by atomic mass is 10.0. The van der Waals surface area contributed by atoms with Gasteiger partial charge in [-0.05, 0) is 25.1 Å². The predicted octanol–water partition coefficient (Wildman–Crippen LogP) is 2.59. The normalized spacial score (nSPS) is 19.7. The number of aromatic amines is 1. The van der Waals surface area contributed by atoms with Gasteiger partial charge in [0.2, 0.25) is 6.10 Å². The number of para-hydroxylation sites is 3. The minimum Gasteiger partial charge on any atom is -0.485 e. The summed E-state index contributed by atoms with van der Waals surface area (Å²) < 4.78 is 11.5. The van der Waals surface area contributed by atoms with Gasteiger partial charge in [0, 0.05) is 48.3 Å². The molecule has 3 aromatic rings. The smallest absolute Gasteiger partial charge is 0.325 e. The molecular formula is C24H25N3O5. The van der Waals surface area contributed by atoms with Crippen molar-refractivity contribution in [1.29, 1.82) is 0 Å². The van der Waals surface area contributed by atoms with E-state index in [1.807, 2.05) is 54.3 Å².